The summed E-state index contributed by atoms with van der Waals surface area (Å²) in [6.45, 7) is 7.62. The number of fused-ring (bicyclic) bond motifs is 1. The number of rotatable bonds is 11. The van der Waals surface area contributed by atoms with Crippen LogP contribution in [-0.4, -0.2) is 40.2 Å². The van der Waals surface area contributed by atoms with E-state index in [1.54, 1.807) is 0 Å². The van der Waals surface area contributed by atoms with E-state index in [-0.39, 0.29) is 18.4 Å². The highest BCUT2D eigenvalue weighted by atomic mass is 16.5. The van der Waals surface area contributed by atoms with Crippen LogP contribution in [0, 0.1) is 18.3 Å². The van der Waals surface area contributed by atoms with Crippen molar-refractivity contribution in [1.82, 2.24) is 16.1 Å². The summed E-state index contributed by atoms with van der Waals surface area (Å²) in [6, 6.07) is 23.3. The van der Waals surface area contributed by atoms with Gasteiger partial charge in [0, 0.05) is 0 Å². The maximum atomic E-state index is 13.6. The van der Waals surface area contributed by atoms with Gasteiger partial charge in [0.1, 0.15) is 12.1 Å². The molecular weight excluding hydrogens is 542 g/mol. The lowest BCUT2D eigenvalue weighted by molar-refractivity contribution is -0.147. The molecule has 0 aromatic heterocycles. The Morgan fingerprint density at radius 2 is 1.63 bits per heavy atom. The Hall–Kier alpha value is -4.01. The van der Waals surface area contributed by atoms with Gasteiger partial charge in [-0.1, -0.05) is 93.6 Å². The van der Waals surface area contributed by atoms with Gasteiger partial charge in [-0.05, 0) is 77.8 Å². The number of carbonyl (C=O) groups excluding carboxylic acids is 3. The van der Waals surface area contributed by atoms with Crippen LogP contribution in [-0.2, 0) is 27.2 Å². The molecule has 5 N–H and O–H groups in total. The Bertz CT molecular complexity index is 1430. The third-order valence-corrected chi connectivity index (χ3v) is 8.32. The van der Waals surface area contributed by atoms with Gasteiger partial charge in [-0.2, -0.15) is 0 Å². The molecule has 1 aliphatic rings. The van der Waals surface area contributed by atoms with Crippen molar-refractivity contribution in [2.24, 2.45) is 11.3 Å². The van der Waals surface area contributed by atoms with E-state index in [0.717, 1.165) is 40.7 Å². The molecule has 8 nitrogen and oxygen atoms in total. The lowest BCUT2D eigenvalue weighted by atomic mass is 9.84. The smallest absolute Gasteiger partial charge is 0.272 e. The fraction of sp³-hybridized carbons (Fsp3) is 0.400. The number of hydroxylamine groups is 1. The second kappa shape index (κ2) is 14.0. The number of hydrogen-bond acceptors (Lipinski definition) is 5. The van der Waals surface area contributed by atoms with Gasteiger partial charge in [-0.3, -0.25) is 19.6 Å². The minimum Gasteiger partial charge on any atom is -0.382 e. The van der Waals surface area contributed by atoms with Crippen LogP contribution in [0.1, 0.15) is 68.3 Å². The van der Waals surface area contributed by atoms with E-state index in [2.05, 4.69) is 47.9 Å². The van der Waals surface area contributed by atoms with E-state index >= 15 is 0 Å². The number of aryl methyl sites for hydroxylation is 3. The Morgan fingerprint density at radius 1 is 0.930 bits per heavy atom. The number of nitrogens with one attached hydrogen (secondary N) is 3. The van der Waals surface area contributed by atoms with Gasteiger partial charge in [0.2, 0.25) is 11.8 Å². The van der Waals surface area contributed by atoms with Crippen molar-refractivity contribution in [2.75, 3.05) is 0 Å². The second-order valence-corrected chi connectivity index (χ2v) is 12.5. The first-order valence-electron chi connectivity index (χ1n) is 14.9. The van der Waals surface area contributed by atoms with Crippen molar-refractivity contribution in [1.29, 1.82) is 0 Å². The van der Waals surface area contributed by atoms with E-state index in [9.17, 15) is 24.7 Å². The molecule has 3 aromatic carbocycles. The van der Waals surface area contributed by atoms with Crippen molar-refractivity contribution in [3.8, 4) is 11.1 Å². The predicted molar refractivity (Wildman–Crippen MR) is 166 cm³/mol. The number of hydrogen-bond donors (Lipinski definition) is 5. The first-order valence-corrected chi connectivity index (χ1v) is 14.9. The second-order valence-electron chi connectivity index (χ2n) is 12.5. The van der Waals surface area contributed by atoms with Crippen LogP contribution < -0.4 is 16.1 Å². The minimum absolute atomic E-state index is 0.149. The third kappa shape index (κ3) is 7.89. The summed E-state index contributed by atoms with van der Waals surface area (Å²) < 4.78 is 0. The summed E-state index contributed by atoms with van der Waals surface area (Å²) in [7, 11) is 0. The third-order valence-electron chi connectivity index (χ3n) is 8.32. The van der Waals surface area contributed by atoms with E-state index < -0.39 is 35.3 Å². The normalized spacial score (nSPS) is 16.5. The average molecular weight is 586 g/mol. The first-order chi connectivity index (χ1) is 20.5. The van der Waals surface area contributed by atoms with E-state index in [0.29, 0.717) is 12.8 Å². The molecule has 0 spiro atoms. The summed E-state index contributed by atoms with van der Waals surface area (Å²) >= 11 is 0. The Balaban J connectivity index is 1.44. The van der Waals surface area contributed by atoms with Crippen LogP contribution in [0.2, 0.25) is 0 Å². The summed E-state index contributed by atoms with van der Waals surface area (Å²) in [5, 5.41) is 25.8. The summed E-state index contributed by atoms with van der Waals surface area (Å²) in [6.07, 6.45) is 1.17. The molecule has 1 aliphatic carbocycles. The molecular formula is C35H43N3O5. The molecule has 0 saturated heterocycles. The number of carbonyl (C=O) groups is 3. The summed E-state index contributed by atoms with van der Waals surface area (Å²) in [4.78, 5) is 39.3. The molecule has 3 amide bonds. The Labute approximate surface area is 253 Å². The van der Waals surface area contributed by atoms with Gasteiger partial charge in [-0.25, -0.2) is 5.48 Å². The lowest BCUT2D eigenvalue weighted by Crippen LogP contribution is -2.57. The molecule has 0 bridgehead atoms. The van der Waals surface area contributed by atoms with E-state index in [4.69, 9.17) is 0 Å². The van der Waals surface area contributed by atoms with Crippen LogP contribution in [0.3, 0.4) is 0 Å². The number of aliphatic hydroxyl groups is 1. The van der Waals surface area contributed by atoms with Crippen molar-refractivity contribution in [3.05, 3.63) is 95.1 Å². The monoisotopic (exact) mass is 585 g/mol. The van der Waals surface area contributed by atoms with Crippen molar-refractivity contribution < 1.29 is 24.7 Å². The molecule has 0 heterocycles. The fourth-order valence-corrected chi connectivity index (χ4v) is 5.92. The highest BCUT2D eigenvalue weighted by Gasteiger charge is 2.39. The van der Waals surface area contributed by atoms with Crippen LogP contribution in [0.25, 0.3) is 11.1 Å². The quantitative estimate of drug-likeness (QED) is 0.163. The molecule has 1 unspecified atom stereocenters. The molecule has 3 aromatic rings. The van der Waals surface area contributed by atoms with Crippen LogP contribution in [0.15, 0.2) is 72.8 Å². The molecule has 0 radical (unpaired) electrons. The van der Waals surface area contributed by atoms with E-state index in [1.807, 2.05) is 63.2 Å². The Kier molecular flexibility index (Phi) is 10.4. The van der Waals surface area contributed by atoms with Crippen LogP contribution >= 0.6 is 0 Å². The summed E-state index contributed by atoms with van der Waals surface area (Å²) in [5.41, 5.74) is 7.56. The largest absolute Gasteiger partial charge is 0.382 e. The predicted octanol–water partition coefficient (Wildman–Crippen LogP) is 4.80. The molecule has 43 heavy (non-hydrogen) atoms. The maximum absolute atomic E-state index is 13.6. The van der Waals surface area contributed by atoms with Crippen molar-refractivity contribution in [3.63, 3.8) is 0 Å². The van der Waals surface area contributed by atoms with Crippen molar-refractivity contribution in [2.45, 2.75) is 78.0 Å². The van der Waals surface area contributed by atoms with Gasteiger partial charge in [0.25, 0.3) is 5.91 Å². The zero-order valence-electron chi connectivity index (χ0n) is 25.4. The van der Waals surface area contributed by atoms with Crippen LogP contribution in [0.4, 0.5) is 0 Å². The molecule has 0 saturated carbocycles. The molecule has 228 valence electrons. The standard InChI is InChI=1S/C35H43N3O5/c1-22-21-23(17-19-26(22)24-12-6-5-7-13-24)11-10-16-28(30(39)33(41)38-43)32(40)37-31(35(2,3)4)34(42)36-29-20-18-25-14-8-9-15-27(25)29/h5-9,12-15,17,19,21,28-31,39,43H,10-11,16,18,20H2,1-4H3,(H,36,42)(H,37,40)(H,38,41)/t28-,29-,30?,31-/m1/s1. The Morgan fingerprint density at radius 3 is 2.30 bits per heavy atom. The molecule has 4 rings (SSSR count). The highest BCUT2D eigenvalue weighted by molar-refractivity contribution is 5.92. The molecule has 0 aliphatic heterocycles. The molecule has 4 atom stereocenters. The lowest BCUT2D eigenvalue weighted by Gasteiger charge is -2.33. The number of benzene rings is 3. The molecule has 8 heteroatoms. The molecule has 0 fully saturated rings. The average Bonchev–Trinajstić information content (AvgIpc) is 3.39. The van der Waals surface area contributed by atoms with E-state index in [1.165, 1.54) is 11.0 Å². The van der Waals surface area contributed by atoms with Gasteiger partial charge < -0.3 is 15.7 Å². The zero-order chi connectivity index (χ0) is 31.1. The topological polar surface area (TPSA) is 128 Å². The fourth-order valence-electron chi connectivity index (χ4n) is 5.92. The van der Waals surface area contributed by atoms with Crippen molar-refractivity contribution >= 4 is 17.7 Å². The highest BCUT2D eigenvalue weighted by Crippen LogP contribution is 2.32. The summed E-state index contributed by atoms with van der Waals surface area (Å²) in [5.74, 6) is -3.17. The van der Waals surface area contributed by atoms with Gasteiger partial charge in [0.05, 0.1) is 12.0 Å². The van der Waals surface area contributed by atoms with Gasteiger partial charge in [-0.15, -0.1) is 0 Å². The van der Waals surface area contributed by atoms with Crippen LogP contribution in [0.5, 0.6) is 0 Å². The maximum Gasteiger partial charge on any atom is 0.272 e. The van der Waals surface area contributed by atoms with Gasteiger partial charge >= 0.3 is 0 Å². The SMILES string of the molecule is Cc1cc(CCC[C@@H](C(=O)N[C@H](C(=O)N[C@@H]2CCc3ccccc32)C(C)(C)C)C(O)C(=O)NO)ccc1-c1ccccc1. The number of aliphatic hydroxyl groups excluding tert-OH is 1. The first kappa shape index (κ1) is 31.9. The zero-order valence-corrected chi connectivity index (χ0v) is 25.4. The van der Waals surface area contributed by atoms with Gasteiger partial charge in [0.15, 0.2) is 0 Å². The minimum atomic E-state index is -1.78. The number of amides is 3.